The number of nitrogens with two attached hydrogens (primary N) is 1. The van der Waals surface area contributed by atoms with Crippen LogP contribution in [0.2, 0.25) is 0 Å². The summed E-state index contributed by atoms with van der Waals surface area (Å²) >= 11 is 0. The SMILES string of the molecule is COC1(c2ccc(N)nc2)CC1. The van der Waals surface area contributed by atoms with E-state index in [4.69, 9.17) is 10.5 Å². The van der Waals surface area contributed by atoms with E-state index in [0.717, 1.165) is 18.4 Å². The number of nitrogen functional groups attached to an aromatic ring is 1. The predicted molar refractivity (Wildman–Crippen MR) is 46.6 cm³/mol. The maximum absolute atomic E-state index is 5.48. The Balaban J connectivity index is 2.29. The minimum Gasteiger partial charge on any atom is -0.384 e. The summed E-state index contributed by atoms with van der Waals surface area (Å²) < 4.78 is 5.39. The Hall–Kier alpha value is -1.09. The van der Waals surface area contributed by atoms with Gasteiger partial charge in [-0.05, 0) is 18.9 Å². The average molecular weight is 164 g/mol. The molecule has 12 heavy (non-hydrogen) atoms. The van der Waals surface area contributed by atoms with Crippen molar-refractivity contribution in [2.75, 3.05) is 12.8 Å². The number of aromatic nitrogens is 1. The summed E-state index contributed by atoms with van der Waals surface area (Å²) in [6, 6.07) is 3.80. The van der Waals surface area contributed by atoms with Gasteiger partial charge >= 0.3 is 0 Å². The van der Waals surface area contributed by atoms with Crippen LogP contribution < -0.4 is 5.73 Å². The minimum atomic E-state index is -0.0410. The van der Waals surface area contributed by atoms with Crippen molar-refractivity contribution in [3.63, 3.8) is 0 Å². The molecule has 1 aromatic rings. The summed E-state index contributed by atoms with van der Waals surface area (Å²) in [5, 5.41) is 0. The van der Waals surface area contributed by atoms with E-state index in [1.54, 1.807) is 13.3 Å². The van der Waals surface area contributed by atoms with E-state index >= 15 is 0 Å². The van der Waals surface area contributed by atoms with Crippen molar-refractivity contribution in [2.24, 2.45) is 0 Å². The number of pyridine rings is 1. The number of ether oxygens (including phenoxy) is 1. The van der Waals surface area contributed by atoms with Crippen LogP contribution in [0.3, 0.4) is 0 Å². The summed E-state index contributed by atoms with van der Waals surface area (Å²) in [6.45, 7) is 0. The zero-order chi connectivity index (χ0) is 8.60. The van der Waals surface area contributed by atoms with Gasteiger partial charge in [-0.3, -0.25) is 0 Å². The van der Waals surface area contributed by atoms with E-state index in [-0.39, 0.29) is 5.60 Å². The molecule has 3 heteroatoms. The molecule has 3 nitrogen and oxygen atoms in total. The van der Waals surface area contributed by atoms with E-state index in [0.29, 0.717) is 5.82 Å². The number of anilines is 1. The quantitative estimate of drug-likeness (QED) is 0.716. The second-order valence-corrected chi connectivity index (χ2v) is 3.17. The van der Waals surface area contributed by atoms with Gasteiger partial charge in [0.1, 0.15) is 5.82 Å². The molecule has 1 aliphatic carbocycles. The molecule has 0 amide bonds. The van der Waals surface area contributed by atoms with Gasteiger partial charge in [-0.1, -0.05) is 6.07 Å². The number of hydrogen-bond donors (Lipinski definition) is 1. The molecule has 1 heterocycles. The molecule has 1 aliphatic rings. The van der Waals surface area contributed by atoms with E-state index in [1.165, 1.54) is 0 Å². The molecule has 1 fully saturated rings. The zero-order valence-electron chi connectivity index (χ0n) is 7.08. The Kier molecular flexibility index (Phi) is 1.54. The molecule has 0 bridgehead atoms. The molecule has 2 N–H and O–H groups in total. The van der Waals surface area contributed by atoms with E-state index in [2.05, 4.69) is 4.98 Å². The van der Waals surface area contributed by atoms with Crippen molar-refractivity contribution in [3.8, 4) is 0 Å². The van der Waals surface area contributed by atoms with Crippen molar-refractivity contribution < 1.29 is 4.74 Å². The molecule has 2 rings (SSSR count). The summed E-state index contributed by atoms with van der Waals surface area (Å²) in [5.41, 5.74) is 6.58. The third-order valence-electron chi connectivity index (χ3n) is 2.41. The molecule has 1 saturated carbocycles. The average Bonchev–Trinajstić information content (AvgIpc) is 2.86. The maximum atomic E-state index is 5.48. The van der Waals surface area contributed by atoms with Crippen LogP contribution in [-0.2, 0) is 10.3 Å². The summed E-state index contributed by atoms with van der Waals surface area (Å²) in [5.74, 6) is 0.561. The number of nitrogens with zero attached hydrogens (tertiary/aromatic N) is 1. The van der Waals surface area contributed by atoms with Crippen LogP contribution >= 0.6 is 0 Å². The summed E-state index contributed by atoms with van der Waals surface area (Å²) in [7, 11) is 1.74. The second kappa shape index (κ2) is 2.45. The molecule has 0 atom stereocenters. The van der Waals surface area contributed by atoms with Crippen molar-refractivity contribution >= 4 is 5.82 Å². The second-order valence-electron chi connectivity index (χ2n) is 3.17. The molecule has 0 spiro atoms. The molecule has 1 aromatic heterocycles. The van der Waals surface area contributed by atoms with Crippen LogP contribution in [0.25, 0.3) is 0 Å². The highest BCUT2D eigenvalue weighted by Gasteiger charge is 2.44. The molecule has 64 valence electrons. The first kappa shape index (κ1) is 7.55. The minimum absolute atomic E-state index is 0.0410. The lowest BCUT2D eigenvalue weighted by Crippen LogP contribution is -2.09. The van der Waals surface area contributed by atoms with Crippen molar-refractivity contribution in [1.82, 2.24) is 4.98 Å². The fourth-order valence-corrected chi connectivity index (χ4v) is 1.40. The Morgan fingerprint density at radius 3 is 2.67 bits per heavy atom. The van der Waals surface area contributed by atoms with Gasteiger partial charge in [0, 0.05) is 18.9 Å². The van der Waals surface area contributed by atoms with Gasteiger partial charge in [-0.2, -0.15) is 0 Å². The lowest BCUT2D eigenvalue weighted by molar-refractivity contribution is 0.0786. The van der Waals surface area contributed by atoms with Gasteiger partial charge < -0.3 is 10.5 Å². The van der Waals surface area contributed by atoms with Crippen molar-refractivity contribution in [3.05, 3.63) is 23.9 Å². The fraction of sp³-hybridized carbons (Fsp3) is 0.444. The van der Waals surface area contributed by atoms with Crippen LogP contribution in [0, 0.1) is 0 Å². The Morgan fingerprint density at radius 2 is 2.25 bits per heavy atom. The van der Waals surface area contributed by atoms with Crippen LogP contribution in [-0.4, -0.2) is 12.1 Å². The standard InChI is InChI=1S/C9H12N2O/c1-12-9(4-5-9)7-2-3-8(10)11-6-7/h2-3,6H,4-5H2,1H3,(H2,10,11). The smallest absolute Gasteiger partial charge is 0.123 e. The summed E-state index contributed by atoms with van der Waals surface area (Å²) in [4.78, 5) is 4.03. The number of methoxy groups -OCH3 is 1. The van der Waals surface area contributed by atoms with Gasteiger partial charge in [-0.25, -0.2) is 4.98 Å². The highest BCUT2D eigenvalue weighted by atomic mass is 16.5. The van der Waals surface area contributed by atoms with Gasteiger partial charge in [0.05, 0.1) is 5.60 Å². The van der Waals surface area contributed by atoms with Crippen LogP contribution in [0.1, 0.15) is 18.4 Å². The van der Waals surface area contributed by atoms with E-state index in [1.807, 2.05) is 12.1 Å². The third kappa shape index (κ3) is 1.06. The maximum Gasteiger partial charge on any atom is 0.123 e. The van der Waals surface area contributed by atoms with Gasteiger partial charge in [-0.15, -0.1) is 0 Å². The molecule has 0 radical (unpaired) electrons. The lowest BCUT2D eigenvalue weighted by Gasteiger charge is -2.12. The monoisotopic (exact) mass is 164 g/mol. The lowest BCUT2D eigenvalue weighted by atomic mass is 10.1. The first-order valence-electron chi connectivity index (χ1n) is 4.04. The first-order valence-corrected chi connectivity index (χ1v) is 4.04. The Morgan fingerprint density at radius 1 is 1.50 bits per heavy atom. The molecule has 0 saturated heterocycles. The number of hydrogen-bond acceptors (Lipinski definition) is 3. The highest BCUT2D eigenvalue weighted by Crippen LogP contribution is 2.48. The largest absolute Gasteiger partial charge is 0.384 e. The molecule has 0 aliphatic heterocycles. The van der Waals surface area contributed by atoms with Gasteiger partial charge in [0.2, 0.25) is 0 Å². The normalized spacial score (nSPS) is 19.1. The molecular weight excluding hydrogens is 152 g/mol. The van der Waals surface area contributed by atoms with Crippen LogP contribution in [0.5, 0.6) is 0 Å². The number of rotatable bonds is 2. The zero-order valence-corrected chi connectivity index (χ0v) is 7.08. The first-order chi connectivity index (χ1) is 5.77. The van der Waals surface area contributed by atoms with E-state index in [9.17, 15) is 0 Å². The highest BCUT2D eigenvalue weighted by molar-refractivity contribution is 5.34. The third-order valence-corrected chi connectivity index (χ3v) is 2.41. The summed E-state index contributed by atoms with van der Waals surface area (Å²) in [6.07, 6.45) is 3.98. The van der Waals surface area contributed by atoms with Crippen LogP contribution in [0.15, 0.2) is 18.3 Å². The van der Waals surface area contributed by atoms with Crippen molar-refractivity contribution in [1.29, 1.82) is 0 Å². The van der Waals surface area contributed by atoms with Gasteiger partial charge in [0.15, 0.2) is 0 Å². The van der Waals surface area contributed by atoms with E-state index < -0.39 is 0 Å². The predicted octanol–water partition coefficient (Wildman–Crippen LogP) is 1.30. The van der Waals surface area contributed by atoms with Gasteiger partial charge in [0.25, 0.3) is 0 Å². The Labute approximate surface area is 71.6 Å². The molecular formula is C9H12N2O. The van der Waals surface area contributed by atoms with Crippen LogP contribution in [0.4, 0.5) is 5.82 Å². The topological polar surface area (TPSA) is 48.1 Å². The molecule has 0 unspecified atom stereocenters. The van der Waals surface area contributed by atoms with Crippen molar-refractivity contribution in [2.45, 2.75) is 18.4 Å². The molecule has 0 aromatic carbocycles. The Bertz CT molecular complexity index is 277. The fourth-order valence-electron chi connectivity index (χ4n) is 1.40.